The van der Waals surface area contributed by atoms with E-state index in [1.165, 1.54) is 0 Å². The fraction of sp³-hybridized carbons (Fsp3) is 0.846. The maximum Gasteiger partial charge on any atom is 0.235 e. The van der Waals surface area contributed by atoms with Crippen LogP contribution in [0.25, 0.3) is 0 Å². The third-order valence-electron chi connectivity index (χ3n) is 4.30. The zero-order valence-corrected chi connectivity index (χ0v) is 12.1. The molecule has 0 spiro atoms. The fourth-order valence-electron chi connectivity index (χ4n) is 3.09. The van der Waals surface area contributed by atoms with Gasteiger partial charge in [-0.25, -0.2) is 0 Å². The number of hydrogen-bond donors (Lipinski definition) is 1. The summed E-state index contributed by atoms with van der Waals surface area (Å²) in [7, 11) is 4.10. The minimum Gasteiger partial charge on any atom is -0.392 e. The zero-order chi connectivity index (χ0) is 13.3. The molecule has 1 amide bonds. The number of amides is 1. The molecule has 2 fully saturated rings. The Hall–Kier alpha value is -0.680. The van der Waals surface area contributed by atoms with Gasteiger partial charge in [-0.2, -0.15) is 0 Å². The van der Waals surface area contributed by atoms with Crippen molar-refractivity contribution in [2.45, 2.75) is 38.1 Å². The highest BCUT2D eigenvalue weighted by Crippen LogP contribution is 2.44. The molecular weight excluding hydrogens is 246 g/mol. The van der Waals surface area contributed by atoms with Crippen LogP contribution in [-0.2, 0) is 4.79 Å². The average molecular weight is 269 g/mol. The molecule has 1 atom stereocenters. The first kappa shape index (κ1) is 13.7. The third kappa shape index (κ3) is 2.26. The lowest BCUT2D eigenvalue weighted by molar-refractivity contribution is -0.143. The van der Waals surface area contributed by atoms with E-state index >= 15 is 0 Å². The molecule has 0 aromatic rings. The van der Waals surface area contributed by atoms with Crippen LogP contribution in [-0.4, -0.2) is 53.9 Å². The molecule has 102 valence electrons. The Balaban J connectivity index is 2.10. The molecule has 1 heterocycles. The summed E-state index contributed by atoms with van der Waals surface area (Å²) in [6, 6.07) is 0.333. The van der Waals surface area contributed by atoms with Gasteiger partial charge in [0.25, 0.3) is 0 Å². The third-order valence-corrected chi connectivity index (χ3v) is 4.69. The number of likely N-dealkylation sites (N-methyl/N-ethyl adjacent to an activating group) is 1. The molecule has 2 rings (SSSR count). The summed E-state index contributed by atoms with van der Waals surface area (Å²) in [5.41, 5.74) is 5.31. The average Bonchev–Trinajstić information content (AvgIpc) is 2.61. The molecule has 1 aliphatic heterocycles. The number of likely N-dealkylation sites (tertiary alicyclic amines) is 1. The Morgan fingerprint density at radius 3 is 2.56 bits per heavy atom. The summed E-state index contributed by atoms with van der Waals surface area (Å²) in [5, 5.41) is 0. The van der Waals surface area contributed by atoms with E-state index in [0.29, 0.717) is 11.0 Å². The molecule has 2 N–H and O–H groups in total. The van der Waals surface area contributed by atoms with Crippen molar-refractivity contribution in [3.05, 3.63) is 0 Å². The summed E-state index contributed by atoms with van der Waals surface area (Å²) in [4.78, 5) is 17.3. The smallest absolute Gasteiger partial charge is 0.235 e. The minimum absolute atomic E-state index is 0.186. The number of rotatable bonds is 4. The van der Waals surface area contributed by atoms with Crippen LogP contribution in [0.2, 0.25) is 0 Å². The van der Waals surface area contributed by atoms with Gasteiger partial charge in [0, 0.05) is 19.1 Å². The Kier molecular flexibility index (Phi) is 3.92. The molecule has 0 radical (unpaired) electrons. The Labute approximate surface area is 114 Å². The van der Waals surface area contributed by atoms with Gasteiger partial charge in [0.05, 0.1) is 10.4 Å². The lowest BCUT2D eigenvalue weighted by atomic mass is 9.67. The summed E-state index contributed by atoms with van der Waals surface area (Å²) in [6.45, 7) is 1.79. The molecule has 0 aromatic heterocycles. The summed E-state index contributed by atoms with van der Waals surface area (Å²) in [6.07, 6.45) is 4.93. The number of thiocarbonyl (C=S) groups is 1. The van der Waals surface area contributed by atoms with E-state index in [1.807, 2.05) is 19.0 Å². The maximum atomic E-state index is 12.7. The Morgan fingerprint density at radius 1 is 1.44 bits per heavy atom. The summed E-state index contributed by atoms with van der Waals surface area (Å²) < 4.78 is 0. The molecule has 1 saturated heterocycles. The number of nitrogens with two attached hydrogens (primary N) is 1. The van der Waals surface area contributed by atoms with Gasteiger partial charge >= 0.3 is 0 Å². The van der Waals surface area contributed by atoms with Gasteiger partial charge in [-0.1, -0.05) is 18.6 Å². The maximum absolute atomic E-state index is 12.7. The van der Waals surface area contributed by atoms with E-state index in [-0.39, 0.29) is 5.91 Å². The monoisotopic (exact) mass is 269 g/mol. The minimum atomic E-state index is -0.510. The van der Waals surface area contributed by atoms with Crippen molar-refractivity contribution in [2.24, 2.45) is 11.1 Å². The van der Waals surface area contributed by atoms with E-state index in [0.717, 1.165) is 45.2 Å². The van der Waals surface area contributed by atoms with Gasteiger partial charge in [0.2, 0.25) is 5.91 Å². The van der Waals surface area contributed by atoms with Crippen LogP contribution in [0.3, 0.4) is 0 Å². The molecule has 4 nitrogen and oxygen atoms in total. The van der Waals surface area contributed by atoms with Gasteiger partial charge < -0.3 is 15.5 Å². The largest absolute Gasteiger partial charge is 0.392 e. The zero-order valence-electron chi connectivity index (χ0n) is 11.3. The predicted molar refractivity (Wildman–Crippen MR) is 76.4 cm³/mol. The van der Waals surface area contributed by atoms with Crippen LogP contribution in [0.1, 0.15) is 32.1 Å². The second kappa shape index (κ2) is 5.13. The van der Waals surface area contributed by atoms with Gasteiger partial charge in [-0.05, 0) is 39.8 Å². The highest BCUT2D eigenvalue weighted by molar-refractivity contribution is 7.80. The van der Waals surface area contributed by atoms with Crippen molar-refractivity contribution in [3.8, 4) is 0 Å². The van der Waals surface area contributed by atoms with Crippen molar-refractivity contribution in [1.29, 1.82) is 0 Å². The first-order valence-corrected chi connectivity index (χ1v) is 7.14. The summed E-state index contributed by atoms with van der Waals surface area (Å²) in [5.74, 6) is 0.186. The molecule has 1 aliphatic carbocycles. The number of carbonyl (C=O) groups is 1. The van der Waals surface area contributed by atoms with Gasteiger partial charge in [0.15, 0.2) is 0 Å². The summed E-state index contributed by atoms with van der Waals surface area (Å²) >= 11 is 5.14. The van der Waals surface area contributed by atoms with Crippen molar-refractivity contribution in [1.82, 2.24) is 9.80 Å². The number of hydrogen-bond acceptors (Lipinski definition) is 3. The predicted octanol–water partition coefficient (Wildman–Crippen LogP) is 0.995. The van der Waals surface area contributed by atoms with Gasteiger partial charge in [0.1, 0.15) is 0 Å². The molecule has 1 unspecified atom stereocenters. The topological polar surface area (TPSA) is 49.6 Å². The van der Waals surface area contributed by atoms with Crippen LogP contribution >= 0.6 is 12.2 Å². The molecule has 18 heavy (non-hydrogen) atoms. The van der Waals surface area contributed by atoms with Crippen LogP contribution in [0.5, 0.6) is 0 Å². The van der Waals surface area contributed by atoms with Crippen molar-refractivity contribution < 1.29 is 4.79 Å². The van der Waals surface area contributed by atoms with Gasteiger partial charge in [-0.15, -0.1) is 0 Å². The van der Waals surface area contributed by atoms with E-state index in [1.54, 1.807) is 0 Å². The van der Waals surface area contributed by atoms with Crippen molar-refractivity contribution >= 4 is 23.1 Å². The van der Waals surface area contributed by atoms with E-state index in [4.69, 9.17) is 18.0 Å². The van der Waals surface area contributed by atoms with E-state index in [9.17, 15) is 4.79 Å². The van der Waals surface area contributed by atoms with Crippen LogP contribution in [0.4, 0.5) is 0 Å². The normalized spacial score (nSPS) is 26.2. The van der Waals surface area contributed by atoms with Crippen LogP contribution < -0.4 is 5.73 Å². The van der Waals surface area contributed by atoms with Crippen LogP contribution in [0.15, 0.2) is 0 Å². The molecule has 2 aliphatic rings. The molecular formula is C13H23N3OS. The quantitative estimate of drug-likeness (QED) is 0.774. The lowest BCUT2D eigenvalue weighted by Crippen LogP contribution is -2.56. The molecule has 1 saturated carbocycles. The second-order valence-corrected chi connectivity index (χ2v) is 6.30. The lowest BCUT2D eigenvalue weighted by Gasteiger charge is -2.43. The first-order chi connectivity index (χ1) is 8.47. The number of carbonyl (C=O) groups excluding carboxylic acids is 1. The van der Waals surface area contributed by atoms with Crippen molar-refractivity contribution in [3.63, 3.8) is 0 Å². The molecule has 5 heteroatoms. The van der Waals surface area contributed by atoms with E-state index < -0.39 is 5.41 Å². The standard InChI is InChI=1S/C13H23N3OS/c1-15(2)9-10-5-3-8-16(10)12(17)13(11(14)18)6-4-7-13/h10H,3-9H2,1-2H3,(H2,14,18). The SMILES string of the molecule is CN(C)CC1CCCN1C(=O)C1(C(N)=S)CCC1. The molecule has 0 aromatic carbocycles. The number of nitrogens with zero attached hydrogens (tertiary/aromatic N) is 2. The van der Waals surface area contributed by atoms with E-state index in [2.05, 4.69) is 4.90 Å². The van der Waals surface area contributed by atoms with Gasteiger partial charge in [-0.3, -0.25) is 4.79 Å². The van der Waals surface area contributed by atoms with Crippen LogP contribution in [0, 0.1) is 5.41 Å². The highest BCUT2D eigenvalue weighted by Gasteiger charge is 2.50. The molecule has 0 bridgehead atoms. The Morgan fingerprint density at radius 2 is 2.11 bits per heavy atom. The highest BCUT2D eigenvalue weighted by atomic mass is 32.1. The fourth-order valence-corrected chi connectivity index (χ4v) is 3.38. The second-order valence-electron chi connectivity index (χ2n) is 5.86. The first-order valence-electron chi connectivity index (χ1n) is 6.73. The van der Waals surface area contributed by atoms with Crippen molar-refractivity contribution in [2.75, 3.05) is 27.2 Å². The Bertz CT molecular complexity index is 352.